The molecule has 0 aromatic heterocycles. The maximum Gasteiger partial charge on any atom is 0.0701 e. The summed E-state index contributed by atoms with van der Waals surface area (Å²) in [6.45, 7) is 1.08. The van der Waals surface area contributed by atoms with Crippen LogP contribution in [0.1, 0.15) is 19.3 Å². The van der Waals surface area contributed by atoms with Crippen LogP contribution in [0.5, 0.6) is 0 Å². The van der Waals surface area contributed by atoms with E-state index >= 15 is 0 Å². The Bertz CT molecular complexity index is 104. The Kier molecular flexibility index (Phi) is 4.26. The van der Waals surface area contributed by atoms with Gasteiger partial charge >= 0.3 is 0 Å². The quantitative estimate of drug-likeness (QED) is 0.664. The predicted molar refractivity (Wildman–Crippen MR) is 50.0 cm³/mol. The van der Waals surface area contributed by atoms with Crippen molar-refractivity contribution in [2.75, 3.05) is 18.6 Å². The van der Waals surface area contributed by atoms with Gasteiger partial charge in [0, 0.05) is 6.04 Å². The highest BCUT2D eigenvalue weighted by molar-refractivity contribution is 7.98. The molecule has 2 unspecified atom stereocenters. The average molecular weight is 175 g/mol. The van der Waals surface area contributed by atoms with Crippen LogP contribution in [-0.4, -0.2) is 35.8 Å². The van der Waals surface area contributed by atoms with E-state index in [1.807, 2.05) is 0 Å². The lowest BCUT2D eigenvalue weighted by atomic mass is 10.1. The molecule has 1 aliphatic rings. The van der Waals surface area contributed by atoms with Gasteiger partial charge in [0.1, 0.15) is 0 Å². The molecule has 0 radical (unpaired) electrons. The SMILES string of the molecule is CSCCC(O)C1CCCN1. The minimum atomic E-state index is -0.120. The molecule has 0 saturated carbocycles. The summed E-state index contributed by atoms with van der Waals surface area (Å²) in [5.41, 5.74) is 0. The molecule has 1 fully saturated rings. The first-order chi connectivity index (χ1) is 5.34. The number of hydrogen-bond donors (Lipinski definition) is 2. The molecule has 2 nitrogen and oxygen atoms in total. The maximum atomic E-state index is 9.60. The van der Waals surface area contributed by atoms with Gasteiger partial charge < -0.3 is 10.4 Å². The highest BCUT2D eigenvalue weighted by Gasteiger charge is 2.21. The summed E-state index contributed by atoms with van der Waals surface area (Å²) in [6, 6.07) is 0.377. The van der Waals surface area contributed by atoms with Crippen molar-refractivity contribution >= 4 is 11.8 Å². The molecule has 0 aromatic carbocycles. The Morgan fingerprint density at radius 3 is 3.09 bits per heavy atom. The molecular weight excluding hydrogens is 158 g/mol. The van der Waals surface area contributed by atoms with Crippen molar-refractivity contribution in [1.82, 2.24) is 5.32 Å². The van der Waals surface area contributed by atoms with Crippen LogP contribution in [0.25, 0.3) is 0 Å². The van der Waals surface area contributed by atoms with Gasteiger partial charge in [0.2, 0.25) is 0 Å². The minimum Gasteiger partial charge on any atom is -0.391 e. The third-order valence-electron chi connectivity index (χ3n) is 2.18. The van der Waals surface area contributed by atoms with E-state index in [2.05, 4.69) is 11.6 Å². The molecule has 0 aromatic rings. The van der Waals surface area contributed by atoms with Crippen molar-refractivity contribution < 1.29 is 5.11 Å². The zero-order chi connectivity index (χ0) is 8.10. The number of aliphatic hydroxyl groups is 1. The second-order valence-corrected chi connectivity index (χ2v) is 4.04. The summed E-state index contributed by atoms with van der Waals surface area (Å²) >= 11 is 1.80. The Hall–Kier alpha value is 0.270. The summed E-state index contributed by atoms with van der Waals surface area (Å²) in [4.78, 5) is 0. The molecule has 2 N–H and O–H groups in total. The van der Waals surface area contributed by atoms with Crippen LogP contribution in [0.3, 0.4) is 0 Å². The van der Waals surface area contributed by atoms with E-state index < -0.39 is 0 Å². The zero-order valence-electron chi connectivity index (χ0n) is 7.05. The number of hydrogen-bond acceptors (Lipinski definition) is 3. The van der Waals surface area contributed by atoms with E-state index in [9.17, 15) is 5.11 Å². The van der Waals surface area contributed by atoms with Gasteiger partial charge in [-0.1, -0.05) is 0 Å². The number of rotatable bonds is 4. The summed E-state index contributed by atoms with van der Waals surface area (Å²) in [5.74, 6) is 1.07. The van der Waals surface area contributed by atoms with E-state index in [1.54, 1.807) is 11.8 Å². The van der Waals surface area contributed by atoms with Gasteiger partial charge in [0.15, 0.2) is 0 Å². The number of nitrogens with one attached hydrogen (secondary N) is 1. The zero-order valence-corrected chi connectivity index (χ0v) is 7.86. The van der Waals surface area contributed by atoms with Crippen LogP contribution in [0.15, 0.2) is 0 Å². The van der Waals surface area contributed by atoms with Crippen molar-refractivity contribution in [3.63, 3.8) is 0 Å². The van der Waals surface area contributed by atoms with Crippen molar-refractivity contribution in [3.8, 4) is 0 Å². The third-order valence-corrected chi connectivity index (χ3v) is 2.82. The lowest BCUT2D eigenvalue weighted by Gasteiger charge is -2.17. The first-order valence-corrected chi connectivity index (χ1v) is 5.64. The van der Waals surface area contributed by atoms with Crippen LogP contribution in [0.4, 0.5) is 0 Å². The van der Waals surface area contributed by atoms with Gasteiger partial charge in [-0.3, -0.25) is 0 Å². The van der Waals surface area contributed by atoms with Gasteiger partial charge in [-0.05, 0) is 37.8 Å². The Balaban J connectivity index is 2.12. The topological polar surface area (TPSA) is 32.3 Å². The van der Waals surface area contributed by atoms with Crippen molar-refractivity contribution in [2.24, 2.45) is 0 Å². The normalized spacial score (nSPS) is 27.3. The molecule has 1 heterocycles. The number of aliphatic hydroxyl groups excluding tert-OH is 1. The standard InChI is InChI=1S/C8H17NOS/c1-11-6-4-8(10)7-3-2-5-9-7/h7-10H,2-6H2,1H3. The van der Waals surface area contributed by atoms with Crippen molar-refractivity contribution in [3.05, 3.63) is 0 Å². The smallest absolute Gasteiger partial charge is 0.0701 e. The molecule has 0 bridgehead atoms. The molecule has 1 aliphatic heterocycles. The Morgan fingerprint density at radius 1 is 1.73 bits per heavy atom. The first kappa shape index (κ1) is 9.36. The Labute approximate surface area is 72.8 Å². The highest BCUT2D eigenvalue weighted by atomic mass is 32.2. The fourth-order valence-electron chi connectivity index (χ4n) is 1.48. The average Bonchev–Trinajstić information content (AvgIpc) is 2.52. The van der Waals surface area contributed by atoms with E-state index in [0.29, 0.717) is 6.04 Å². The van der Waals surface area contributed by atoms with Crippen LogP contribution >= 0.6 is 11.8 Å². The second kappa shape index (κ2) is 5.01. The summed E-state index contributed by atoms with van der Waals surface area (Å²) in [7, 11) is 0. The van der Waals surface area contributed by atoms with E-state index in [0.717, 1.165) is 25.1 Å². The molecule has 0 spiro atoms. The molecule has 1 saturated heterocycles. The lowest BCUT2D eigenvalue weighted by molar-refractivity contribution is 0.133. The highest BCUT2D eigenvalue weighted by Crippen LogP contribution is 2.12. The van der Waals surface area contributed by atoms with Gasteiger partial charge in [-0.2, -0.15) is 11.8 Å². The van der Waals surface area contributed by atoms with Crippen molar-refractivity contribution in [1.29, 1.82) is 0 Å². The minimum absolute atomic E-state index is 0.120. The van der Waals surface area contributed by atoms with Gasteiger partial charge in [-0.15, -0.1) is 0 Å². The van der Waals surface area contributed by atoms with Gasteiger partial charge in [-0.25, -0.2) is 0 Å². The second-order valence-electron chi connectivity index (χ2n) is 3.05. The van der Waals surface area contributed by atoms with Crippen LogP contribution in [0, 0.1) is 0 Å². The van der Waals surface area contributed by atoms with Gasteiger partial charge in [0.25, 0.3) is 0 Å². The van der Waals surface area contributed by atoms with Crippen LogP contribution < -0.4 is 5.32 Å². The predicted octanol–water partition coefficient (Wildman–Crippen LogP) is 0.852. The van der Waals surface area contributed by atoms with E-state index in [1.165, 1.54) is 6.42 Å². The Morgan fingerprint density at radius 2 is 2.55 bits per heavy atom. The van der Waals surface area contributed by atoms with Crippen LogP contribution in [0.2, 0.25) is 0 Å². The third kappa shape index (κ3) is 3.01. The fourth-order valence-corrected chi connectivity index (χ4v) is 1.96. The maximum absolute atomic E-state index is 9.60. The molecule has 0 aliphatic carbocycles. The molecule has 1 rings (SSSR count). The monoisotopic (exact) mass is 175 g/mol. The lowest BCUT2D eigenvalue weighted by Crippen LogP contribution is -2.34. The molecule has 11 heavy (non-hydrogen) atoms. The van der Waals surface area contributed by atoms with Gasteiger partial charge in [0.05, 0.1) is 6.10 Å². The fraction of sp³-hybridized carbons (Fsp3) is 1.00. The summed E-state index contributed by atoms with van der Waals surface area (Å²) < 4.78 is 0. The molecule has 3 heteroatoms. The summed E-state index contributed by atoms with van der Waals surface area (Å²) in [6.07, 6.45) is 5.26. The molecule has 0 amide bonds. The van der Waals surface area contributed by atoms with Crippen molar-refractivity contribution in [2.45, 2.75) is 31.4 Å². The summed E-state index contributed by atoms with van der Waals surface area (Å²) in [5, 5.41) is 12.9. The molecular formula is C8H17NOS. The number of thioether (sulfide) groups is 1. The largest absolute Gasteiger partial charge is 0.391 e. The van der Waals surface area contributed by atoms with E-state index in [4.69, 9.17) is 0 Å². The van der Waals surface area contributed by atoms with Crippen LogP contribution in [-0.2, 0) is 0 Å². The molecule has 2 atom stereocenters. The first-order valence-electron chi connectivity index (χ1n) is 4.25. The molecule has 66 valence electrons. The van der Waals surface area contributed by atoms with E-state index in [-0.39, 0.29) is 6.10 Å².